The summed E-state index contributed by atoms with van der Waals surface area (Å²) in [5.41, 5.74) is 3.07. The first kappa shape index (κ1) is 11.4. The summed E-state index contributed by atoms with van der Waals surface area (Å²) in [7, 11) is 0. The Balaban J connectivity index is 2.09. The van der Waals surface area contributed by atoms with Crippen molar-refractivity contribution in [3.8, 4) is 28.4 Å². The molecule has 0 unspecified atom stereocenters. The second-order valence-corrected chi connectivity index (χ2v) is 4.14. The van der Waals surface area contributed by atoms with Gasteiger partial charge in [0, 0.05) is 11.8 Å². The van der Waals surface area contributed by atoms with Crippen molar-refractivity contribution < 1.29 is 5.11 Å². The number of pyridine rings is 2. The summed E-state index contributed by atoms with van der Waals surface area (Å²) >= 11 is 0. The van der Waals surface area contributed by atoms with Gasteiger partial charge in [0.1, 0.15) is 5.75 Å². The smallest absolute Gasteiger partial charge is 0.124 e. The van der Waals surface area contributed by atoms with Crippen LogP contribution < -0.4 is 0 Å². The molecule has 0 saturated heterocycles. The number of hydrogen-bond donors (Lipinski definition) is 1. The molecule has 92 valence electrons. The standard InChI is InChI=1S/C16H12N2O/c19-16-10-2-1-6-12(16)13-8-5-9-15(18-13)14-7-3-4-11-17-14/h1-11,19H. The lowest BCUT2D eigenvalue weighted by molar-refractivity contribution is 0.477. The van der Waals surface area contributed by atoms with E-state index >= 15 is 0 Å². The van der Waals surface area contributed by atoms with Gasteiger partial charge in [-0.1, -0.05) is 24.3 Å². The number of aromatic nitrogens is 2. The Morgan fingerprint density at radius 2 is 1.42 bits per heavy atom. The molecule has 0 aliphatic carbocycles. The maximum Gasteiger partial charge on any atom is 0.124 e. The SMILES string of the molecule is Oc1ccccc1-c1cccc(-c2ccccn2)n1. The van der Waals surface area contributed by atoms with Crippen LogP contribution in [0.1, 0.15) is 0 Å². The van der Waals surface area contributed by atoms with Crippen LogP contribution in [0.3, 0.4) is 0 Å². The lowest BCUT2D eigenvalue weighted by Gasteiger charge is -2.06. The van der Waals surface area contributed by atoms with Crippen LogP contribution in [0, 0.1) is 0 Å². The molecule has 3 nitrogen and oxygen atoms in total. The van der Waals surface area contributed by atoms with Crippen molar-refractivity contribution in [1.82, 2.24) is 9.97 Å². The van der Waals surface area contributed by atoms with Crippen molar-refractivity contribution in [2.24, 2.45) is 0 Å². The van der Waals surface area contributed by atoms with E-state index in [1.54, 1.807) is 18.3 Å². The Kier molecular flexibility index (Phi) is 2.94. The first-order valence-electron chi connectivity index (χ1n) is 6.01. The number of benzene rings is 1. The van der Waals surface area contributed by atoms with Crippen LogP contribution in [-0.4, -0.2) is 15.1 Å². The Bertz CT molecular complexity index is 696. The zero-order chi connectivity index (χ0) is 13.1. The average Bonchev–Trinajstić information content (AvgIpc) is 2.49. The van der Waals surface area contributed by atoms with Gasteiger partial charge in [-0.2, -0.15) is 0 Å². The second-order valence-electron chi connectivity index (χ2n) is 4.14. The third-order valence-electron chi connectivity index (χ3n) is 2.86. The Labute approximate surface area is 111 Å². The van der Waals surface area contributed by atoms with E-state index in [9.17, 15) is 5.11 Å². The van der Waals surface area contributed by atoms with Gasteiger partial charge in [0.15, 0.2) is 0 Å². The molecule has 0 aliphatic heterocycles. The largest absolute Gasteiger partial charge is 0.507 e. The highest BCUT2D eigenvalue weighted by Gasteiger charge is 2.06. The van der Waals surface area contributed by atoms with Crippen molar-refractivity contribution >= 4 is 0 Å². The van der Waals surface area contributed by atoms with Gasteiger partial charge in [0.05, 0.1) is 17.1 Å². The van der Waals surface area contributed by atoms with Crippen LogP contribution in [0.15, 0.2) is 66.9 Å². The van der Waals surface area contributed by atoms with Crippen molar-refractivity contribution in [3.05, 3.63) is 66.9 Å². The fraction of sp³-hybridized carbons (Fsp3) is 0. The zero-order valence-corrected chi connectivity index (χ0v) is 10.2. The maximum absolute atomic E-state index is 9.87. The molecule has 0 radical (unpaired) electrons. The molecule has 0 amide bonds. The van der Waals surface area contributed by atoms with Crippen LogP contribution in [0.2, 0.25) is 0 Å². The number of phenolic OH excluding ortho intramolecular Hbond substituents is 1. The van der Waals surface area contributed by atoms with Gasteiger partial charge in [-0.15, -0.1) is 0 Å². The average molecular weight is 248 g/mol. The number of rotatable bonds is 2. The number of aromatic hydroxyl groups is 1. The summed E-state index contributed by atoms with van der Waals surface area (Å²) in [4.78, 5) is 8.83. The molecule has 0 bridgehead atoms. The topological polar surface area (TPSA) is 46.0 Å². The van der Waals surface area contributed by atoms with Crippen LogP contribution in [0.5, 0.6) is 5.75 Å². The van der Waals surface area contributed by atoms with Gasteiger partial charge >= 0.3 is 0 Å². The van der Waals surface area contributed by atoms with E-state index in [2.05, 4.69) is 9.97 Å². The van der Waals surface area contributed by atoms with Gasteiger partial charge < -0.3 is 5.11 Å². The van der Waals surface area contributed by atoms with E-state index in [1.807, 2.05) is 48.5 Å². The van der Waals surface area contributed by atoms with E-state index in [4.69, 9.17) is 0 Å². The summed E-state index contributed by atoms with van der Waals surface area (Å²) < 4.78 is 0. The molecule has 19 heavy (non-hydrogen) atoms. The highest BCUT2D eigenvalue weighted by atomic mass is 16.3. The second kappa shape index (κ2) is 4.90. The Hall–Kier alpha value is -2.68. The molecule has 0 aliphatic rings. The van der Waals surface area contributed by atoms with E-state index in [1.165, 1.54) is 0 Å². The summed E-state index contributed by atoms with van der Waals surface area (Å²) in [5.74, 6) is 0.230. The third kappa shape index (κ3) is 2.31. The molecule has 1 N–H and O–H groups in total. The van der Waals surface area contributed by atoms with Gasteiger partial charge in [0.25, 0.3) is 0 Å². The summed E-state index contributed by atoms with van der Waals surface area (Å²) in [6.45, 7) is 0. The first-order valence-corrected chi connectivity index (χ1v) is 6.01. The van der Waals surface area contributed by atoms with E-state index < -0.39 is 0 Å². The zero-order valence-electron chi connectivity index (χ0n) is 10.2. The van der Waals surface area contributed by atoms with E-state index in [-0.39, 0.29) is 5.75 Å². The van der Waals surface area contributed by atoms with Crippen LogP contribution in [-0.2, 0) is 0 Å². The number of hydrogen-bond acceptors (Lipinski definition) is 3. The molecule has 2 heterocycles. The van der Waals surface area contributed by atoms with Crippen molar-refractivity contribution in [2.45, 2.75) is 0 Å². The molecule has 1 aromatic carbocycles. The quantitative estimate of drug-likeness (QED) is 0.754. The predicted octanol–water partition coefficient (Wildman–Crippen LogP) is 3.52. The van der Waals surface area contributed by atoms with Gasteiger partial charge in [0.2, 0.25) is 0 Å². The highest BCUT2D eigenvalue weighted by molar-refractivity contribution is 5.69. The predicted molar refractivity (Wildman–Crippen MR) is 74.6 cm³/mol. The molecule has 3 heteroatoms. The van der Waals surface area contributed by atoms with E-state index in [0.29, 0.717) is 0 Å². The fourth-order valence-electron chi connectivity index (χ4n) is 1.93. The molecular weight excluding hydrogens is 236 g/mol. The lowest BCUT2D eigenvalue weighted by Crippen LogP contribution is -1.89. The number of phenols is 1. The lowest BCUT2D eigenvalue weighted by atomic mass is 10.1. The van der Waals surface area contributed by atoms with Crippen molar-refractivity contribution in [2.75, 3.05) is 0 Å². The van der Waals surface area contributed by atoms with Crippen molar-refractivity contribution in [1.29, 1.82) is 0 Å². The molecule has 3 rings (SSSR count). The summed E-state index contributed by atoms with van der Waals surface area (Å²) in [6.07, 6.45) is 1.74. The van der Waals surface area contributed by atoms with Crippen LogP contribution >= 0.6 is 0 Å². The Morgan fingerprint density at radius 3 is 2.21 bits per heavy atom. The minimum absolute atomic E-state index is 0.230. The van der Waals surface area contributed by atoms with Crippen molar-refractivity contribution in [3.63, 3.8) is 0 Å². The first-order chi connectivity index (χ1) is 9.34. The third-order valence-corrected chi connectivity index (χ3v) is 2.86. The normalized spacial score (nSPS) is 10.3. The molecule has 0 atom stereocenters. The fourth-order valence-corrected chi connectivity index (χ4v) is 1.93. The summed E-state index contributed by atoms with van der Waals surface area (Å²) in [5, 5.41) is 9.87. The van der Waals surface area contributed by atoms with E-state index in [0.717, 1.165) is 22.6 Å². The maximum atomic E-state index is 9.87. The Morgan fingerprint density at radius 1 is 0.684 bits per heavy atom. The van der Waals surface area contributed by atoms with Crippen LogP contribution in [0.4, 0.5) is 0 Å². The van der Waals surface area contributed by atoms with Crippen LogP contribution in [0.25, 0.3) is 22.6 Å². The number of para-hydroxylation sites is 1. The number of nitrogens with zero attached hydrogens (tertiary/aromatic N) is 2. The minimum Gasteiger partial charge on any atom is -0.507 e. The summed E-state index contributed by atoms with van der Waals surface area (Å²) in [6, 6.07) is 18.6. The minimum atomic E-state index is 0.230. The van der Waals surface area contributed by atoms with Gasteiger partial charge in [-0.05, 0) is 36.4 Å². The molecule has 3 aromatic rings. The molecule has 2 aromatic heterocycles. The highest BCUT2D eigenvalue weighted by Crippen LogP contribution is 2.28. The van der Waals surface area contributed by atoms with Gasteiger partial charge in [-0.3, -0.25) is 4.98 Å². The van der Waals surface area contributed by atoms with Gasteiger partial charge in [-0.25, -0.2) is 4.98 Å². The monoisotopic (exact) mass is 248 g/mol. The molecule has 0 spiro atoms. The molecule has 0 saturated carbocycles. The molecule has 0 fully saturated rings. The molecular formula is C16H12N2O.